The van der Waals surface area contributed by atoms with Crippen LogP contribution in [0, 0.1) is 0 Å². The number of quaternary nitrogens is 1. The van der Waals surface area contributed by atoms with Crippen LogP contribution in [-0.2, 0) is 35.3 Å². The Hall–Kier alpha value is -5.05. The number of nitrogens with zero attached hydrogens (tertiary/aromatic N) is 5. The van der Waals surface area contributed by atoms with E-state index in [9.17, 15) is 14.4 Å². The van der Waals surface area contributed by atoms with Crippen molar-refractivity contribution < 1.29 is 40.7 Å². The third kappa shape index (κ3) is 18.0. The quantitative estimate of drug-likeness (QED) is 0.0719. The summed E-state index contributed by atoms with van der Waals surface area (Å²) in [5.74, 6) is 1.01. The molecule has 13 nitrogen and oxygen atoms in total. The first-order valence-electron chi connectivity index (χ1n) is 21.6. The number of ether oxygens (including phenoxy) is 2. The van der Waals surface area contributed by atoms with Crippen molar-refractivity contribution in [1.29, 1.82) is 0 Å². The summed E-state index contributed by atoms with van der Waals surface area (Å²) in [7, 11) is 0. The summed E-state index contributed by atoms with van der Waals surface area (Å²) in [6.45, 7) is 3.76. The number of likely N-dealkylation sites (tertiary alicyclic amines) is 1. The number of aromatic nitrogens is 4. The molecule has 5 N–H and O–H groups in total. The predicted molar refractivity (Wildman–Crippen MR) is 255 cm³/mol. The van der Waals surface area contributed by atoms with Gasteiger partial charge in [0, 0.05) is 49.5 Å². The smallest absolute Gasteiger partial charge is 0.274 e. The molecule has 1 aliphatic rings. The van der Waals surface area contributed by atoms with Gasteiger partial charge in [-0.2, -0.15) is 0 Å². The molecule has 2 aromatic carbocycles. The van der Waals surface area contributed by atoms with Crippen LogP contribution in [0.5, 0.6) is 11.5 Å². The zero-order valence-corrected chi connectivity index (χ0v) is 39.7. The van der Waals surface area contributed by atoms with E-state index in [0.717, 1.165) is 106 Å². The predicted octanol–water partition coefficient (Wildman–Crippen LogP) is 4.85. The number of nitrogen functional groups attached to an aromatic ring is 2. The van der Waals surface area contributed by atoms with Crippen molar-refractivity contribution in [3.8, 4) is 11.5 Å². The third-order valence-electron chi connectivity index (χ3n) is 11.3. The zero-order valence-electron chi connectivity index (χ0n) is 36.5. The number of amides is 1. The van der Waals surface area contributed by atoms with E-state index in [2.05, 4.69) is 49.5 Å². The maximum atomic E-state index is 13.4. The Morgan fingerprint density at radius 1 is 0.677 bits per heavy atom. The Bertz CT molecular complexity index is 2100. The van der Waals surface area contributed by atoms with Crippen molar-refractivity contribution in [2.75, 3.05) is 50.9 Å². The Morgan fingerprint density at radius 3 is 1.66 bits per heavy atom. The Kier molecular flexibility index (Phi) is 23.5. The monoisotopic (exact) mass is 968 g/mol. The zero-order chi connectivity index (χ0) is 43.6. The molecule has 1 atom stereocenters. The fourth-order valence-electron chi connectivity index (χ4n) is 8.06. The second-order valence-corrected chi connectivity index (χ2v) is 16.5. The summed E-state index contributed by atoms with van der Waals surface area (Å²) in [6, 6.07) is 27.6. The highest BCUT2D eigenvalue weighted by Gasteiger charge is 2.35. The molecule has 1 amide bonds. The SMILES string of the molecule is Cl.Cl.Nc1nc(N)c(C(=O)N[C@H]2CCC[N+](CCCc3ccc(OCC(=O)CCCc4ccccn4)cc3)(CCCc3ccc(OCC(=O)CCCc4ccccn4)cc3)C2)nc1Cl.[Cl-]. The number of piperidine rings is 1. The fraction of sp³-hybridized carbons (Fsp3) is 0.396. The molecule has 0 bridgehead atoms. The molecule has 0 saturated carbocycles. The topological polar surface area (TPSA) is 185 Å². The van der Waals surface area contributed by atoms with Crippen LogP contribution in [0.3, 0.4) is 0 Å². The minimum atomic E-state index is -0.413. The summed E-state index contributed by atoms with van der Waals surface area (Å²) in [5.41, 5.74) is 16.1. The summed E-state index contributed by atoms with van der Waals surface area (Å²) >= 11 is 6.09. The van der Waals surface area contributed by atoms with E-state index in [4.69, 9.17) is 32.5 Å². The normalized spacial score (nSPS) is 13.8. The first-order chi connectivity index (χ1) is 30.1. The van der Waals surface area contributed by atoms with Crippen LogP contribution in [0.4, 0.5) is 11.6 Å². The van der Waals surface area contributed by atoms with Crippen molar-refractivity contribution in [2.24, 2.45) is 0 Å². The molecule has 1 aliphatic heterocycles. The minimum absolute atomic E-state index is 0. The van der Waals surface area contributed by atoms with E-state index in [0.29, 0.717) is 24.3 Å². The molecule has 3 aromatic heterocycles. The molecule has 5 aromatic rings. The maximum Gasteiger partial charge on any atom is 0.274 e. The maximum absolute atomic E-state index is 13.4. The van der Waals surface area contributed by atoms with Gasteiger partial charge in [0.05, 0.1) is 32.2 Å². The summed E-state index contributed by atoms with van der Waals surface area (Å²) < 4.78 is 12.5. The minimum Gasteiger partial charge on any atom is -1.00 e. The third-order valence-corrected chi connectivity index (χ3v) is 11.6. The van der Waals surface area contributed by atoms with Crippen LogP contribution in [0.1, 0.15) is 84.4 Å². The van der Waals surface area contributed by atoms with Crippen molar-refractivity contribution in [2.45, 2.75) is 83.1 Å². The van der Waals surface area contributed by atoms with Gasteiger partial charge in [-0.1, -0.05) is 48.0 Å². The summed E-state index contributed by atoms with van der Waals surface area (Å²) in [5, 5.41) is 3.11. The number of nitrogens with one attached hydrogen (secondary N) is 1. The highest BCUT2D eigenvalue weighted by Crippen LogP contribution is 2.25. The van der Waals surface area contributed by atoms with Crippen LogP contribution in [0.25, 0.3) is 0 Å². The molecule has 6 rings (SSSR count). The second kappa shape index (κ2) is 28.1. The fourth-order valence-corrected chi connectivity index (χ4v) is 8.19. The van der Waals surface area contributed by atoms with E-state index in [1.165, 1.54) is 11.1 Å². The highest BCUT2D eigenvalue weighted by molar-refractivity contribution is 6.31. The van der Waals surface area contributed by atoms with Gasteiger partial charge >= 0.3 is 0 Å². The van der Waals surface area contributed by atoms with Gasteiger partial charge in [-0.15, -0.1) is 24.8 Å². The lowest BCUT2D eigenvalue weighted by atomic mass is 9.99. The highest BCUT2D eigenvalue weighted by atomic mass is 35.5. The summed E-state index contributed by atoms with van der Waals surface area (Å²) in [6.07, 6.45) is 12.9. The molecule has 0 aliphatic carbocycles. The van der Waals surface area contributed by atoms with E-state index in [1.807, 2.05) is 60.7 Å². The number of carbonyl (C=O) groups is 3. The molecule has 65 heavy (non-hydrogen) atoms. The number of hydrogen-bond donors (Lipinski definition) is 3. The van der Waals surface area contributed by atoms with Crippen molar-refractivity contribution in [3.63, 3.8) is 0 Å². The van der Waals surface area contributed by atoms with Crippen LogP contribution >= 0.6 is 36.4 Å². The van der Waals surface area contributed by atoms with E-state index in [-0.39, 0.29) is 90.5 Å². The lowest BCUT2D eigenvalue weighted by Crippen LogP contribution is -3.00. The largest absolute Gasteiger partial charge is 1.00 e. The van der Waals surface area contributed by atoms with E-state index in [1.54, 1.807) is 12.4 Å². The van der Waals surface area contributed by atoms with Gasteiger partial charge in [-0.25, -0.2) is 9.97 Å². The van der Waals surface area contributed by atoms with Crippen molar-refractivity contribution in [1.82, 2.24) is 25.3 Å². The first-order valence-corrected chi connectivity index (χ1v) is 22.0. The lowest BCUT2D eigenvalue weighted by Gasteiger charge is -2.45. The number of anilines is 2. The van der Waals surface area contributed by atoms with Gasteiger partial charge in [0.2, 0.25) is 0 Å². The number of carbonyl (C=O) groups excluding carboxylic acids is 3. The van der Waals surface area contributed by atoms with Gasteiger partial charge in [0.1, 0.15) is 24.7 Å². The van der Waals surface area contributed by atoms with Gasteiger partial charge < -0.3 is 43.1 Å². The second-order valence-electron chi connectivity index (χ2n) is 16.1. The molecule has 0 spiro atoms. The van der Waals surface area contributed by atoms with Gasteiger partial charge in [0.25, 0.3) is 5.91 Å². The van der Waals surface area contributed by atoms with E-state index < -0.39 is 5.91 Å². The number of aryl methyl sites for hydroxylation is 4. The molecule has 0 radical (unpaired) electrons. The molecular weight excluding hydrogens is 910 g/mol. The Morgan fingerprint density at radius 2 is 1.18 bits per heavy atom. The van der Waals surface area contributed by atoms with Gasteiger partial charge in [0.15, 0.2) is 34.0 Å². The van der Waals surface area contributed by atoms with Gasteiger partial charge in [-0.3, -0.25) is 24.4 Å². The average Bonchev–Trinajstić information content (AvgIpc) is 3.28. The van der Waals surface area contributed by atoms with Crippen molar-refractivity contribution in [3.05, 3.63) is 131 Å². The van der Waals surface area contributed by atoms with Crippen LogP contribution in [-0.4, -0.2) is 87.3 Å². The number of hydrogen-bond acceptors (Lipinski definition) is 11. The van der Waals surface area contributed by atoms with Gasteiger partial charge in [-0.05, 0) is 111 Å². The van der Waals surface area contributed by atoms with Crippen LogP contribution in [0.15, 0.2) is 97.3 Å². The molecule has 17 heteroatoms. The number of pyridine rings is 2. The Labute approximate surface area is 405 Å². The number of rotatable bonds is 24. The number of ketones is 2. The van der Waals surface area contributed by atoms with Crippen LogP contribution < -0.4 is 38.7 Å². The summed E-state index contributed by atoms with van der Waals surface area (Å²) in [4.78, 5) is 55.0. The molecule has 350 valence electrons. The number of benzene rings is 2. The number of halogens is 4. The lowest BCUT2D eigenvalue weighted by molar-refractivity contribution is -0.933. The first kappa shape index (κ1) is 54.3. The standard InChI is InChI=1S/C48H57ClN8O5.3ClH/c49-45-47(51)56-46(50)44(55-45)48(60)54-39-16-9-31-57(32-39,29-7-10-35-19-23-42(24-20-35)61-33-40(58)17-5-14-37-12-1-3-27-52-37)30-8-11-36-21-25-43(26-22-36)62-34-41(59)18-6-15-38-13-2-4-28-53-38;;;/h1-4,12-13,19-28,39H,5-11,14-18,29-34H2,(H4-,50,51,54,56,60);3*1H/t39-;;;/m0.../s1. The Balaban J connectivity index is 0.00000374. The number of nitrogens with two attached hydrogens (primary N) is 2. The molecule has 1 fully saturated rings. The molecular formula is C48H60Cl4N8O5. The molecule has 0 unspecified atom stereocenters. The molecule has 1 saturated heterocycles. The van der Waals surface area contributed by atoms with Crippen molar-refractivity contribution >= 4 is 65.5 Å². The number of Topliss-reactive ketones (excluding diaryl/α,β-unsaturated/α-hetero) is 2. The van der Waals surface area contributed by atoms with Crippen LogP contribution in [0.2, 0.25) is 5.15 Å². The van der Waals surface area contributed by atoms with E-state index >= 15 is 0 Å². The average molecular weight is 971 g/mol. The molecule has 4 heterocycles.